The molecule has 0 amide bonds. The second-order valence-corrected chi connectivity index (χ2v) is 5.38. The lowest BCUT2D eigenvalue weighted by atomic mass is 10.0. The molecule has 1 aliphatic carbocycles. The van der Waals surface area contributed by atoms with Gasteiger partial charge in [0.2, 0.25) is 0 Å². The molecular formula is C13H19BrN2O. The highest BCUT2D eigenvalue weighted by Crippen LogP contribution is 2.31. The standard InChI is InChI=1S/C13H19BrN2O/c1-17-13-6-5-10(7-11(13)14)16-12-4-2-3-9(12)8-15/h5-7,9,12,16H,2-4,8,15H2,1H3. The Hall–Kier alpha value is -0.740. The summed E-state index contributed by atoms with van der Waals surface area (Å²) >= 11 is 3.50. The normalized spacial score (nSPS) is 23.7. The summed E-state index contributed by atoms with van der Waals surface area (Å²) < 4.78 is 6.20. The number of nitrogens with two attached hydrogens (primary N) is 1. The summed E-state index contributed by atoms with van der Waals surface area (Å²) in [5.41, 5.74) is 6.91. The average Bonchev–Trinajstić information content (AvgIpc) is 2.76. The first-order valence-corrected chi connectivity index (χ1v) is 6.84. The highest BCUT2D eigenvalue weighted by atomic mass is 79.9. The molecule has 0 radical (unpaired) electrons. The maximum atomic E-state index is 5.78. The van der Waals surface area contributed by atoms with Gasteiger partial charge in [-0.2, -0.15) is 0 Å². The van der Waals surface area contributed by atoms with E-state index in [0.29, 0.717) is 12.0 Å². The van der Waals surface area contributed by atoms with E-state index in [0.717, 1.165) is 22.5 Å². The number of methoxy groups -OCH3 is 1. The van der Waals surface area contributed by atoms with Crippen molar-refractivity contribution in [3.05, 3.63) is 22.7 Å². The molecule has 0 saturated heterocycles. The molecule has 1 fully saturated rings. The van der Waals surface area contributed by atoms with Crippen molar-refractivity contribution in [3.8, 4) is 5.75 Å². The molecule has 1 aromatic carbocycles. The van der Waals surface area contributed by atoms with Crippen LogP contribution in [0.4, 0.5) is 5.69 Å². The smallest absolute Gasteiger partial charge is 0.133 e. The molecule has 0 aliphatic heterocycles. The van der Waals surface area contributed by atoms with Gasteiger partial charge >= 0.3 is 0 Å². The third kappa shape index (κ3) is 2.93. The quantitative estimate of drug-likeness (QED) is 0.898. The molecule has 0 aromatic heterocycles. The molecule has 0 bridgehead atoms. The van der Waals surface area contributed by atoms with Gasteiger partial charge in [-0.05, 0) is 59.4 Å². The van der Waals surface area contributed by atoms with Gasteiger partial charge in [0.1, 0.15) is 5.75 Å². The van der Waals surface area contributed by atoms with E-state index in [1.165, 1.54) is 19.3 Å². The Balaban J connectivity index is 2.05. The SMILES string of the molecule is COc1ccc(NC2CCCC2CN)cc1Br. The van der Waals surface area contributed by atoms with Crippen LogP contribution in [0, 0.1) is 5.92 Å². The van der Waals surface area contributed by atoms with Crippen molar-refractivity contribution in [2.45, 2.75) is 25.3 Å². The highest BCUT2D eigenvalue weighted by molar-refractivity contribution is 9.10. The summed E-state index contributed by atoms with van der Waals surface area (Å²) in [4.78, 5) is 0. The number of halogens is 1. The molecule has 2 rings (SSSR count). The molecule has 1 saturated carbocycles. The minimum absolute atomic E-state index is 0.514. The Bertz CT molecular complexity index is 384. The van der Waals surface area contributed by atoms with E-state index in [4.69, 9.17) is 10.5 Å². The minimum atomic E-state index is 0.514. The lowest BCUT2D eigenvalue weighted by Gasteiger charge is -2.21. The number of nitrogens with one attached hydrogen (secondary N) is 1. The summed E-state index contributed by atoms with van der Waals surface area (Å²) in [6.45, 7) is 0.773. The van der Waals surface area contributed by atoms with Crippen LogP contribution in [-0.2, 0) is 0 Å². The third-order valence-electron chi connectivity index (χ3n) is 3.47. The first-order valence-electron chi connectivity index (χ1n) is 6.04. The van der Waals surface area contributed by atoms with Crippen molar-refractivity contribution >= 4 is 21.6 Å². The van der Waals surface area contributed by atoms with Crippen LogP contribution in [0.1, 0.15) is 19.3 Å². The molecule has 3 N–H and O–H groups in total. The van der Waals surface area contributed by atoms with E-state index < -0.39 is 0 Å². The predicted molar refractivity (Wildman–Crippen MR) is 74.5 cm³/mol. The molecule has 94 valence electrons. The zero-order valence-electron chi connectivity index (χ0n) is 10.1. The molecule has 0 heterocycles. The zero-order valence-corrected chi connectivity index (χ0v) is 11.7. The lowest BCUT2D eigenvalue weighted by molar-refractivity contribution is 0.412. The van der Waals surface area contributed by atoms with E-state index in [-0.39, 0.29) is 0 Å². The predicted octanol–water partition coefficient (Wildman–Crippen LogP) is 3.00. The highest BCUT2D eigenvalue weighted by Gasteiger charge is 2.25. The van der Waals surface area contributed by atoms with E-state index >= 15 is 0 Å². The maximum absolute atomic E-state index is 5.78. The molecule has 17 heavy (non-hydrogen) atoms. The lowest BCUT2D eigenvalue weighted by Crippen LogP contribution is -2.29. The largest absolute Gasteiger partial charge is 0.496 e. The van der Waals surface area contributed by atoms with Crippen molar-refractivity contribution < 1.29 is 4.74 Å². The summed E-state index contributed by atoms with van der Waals surface area (Å²) in [5.74, 6) is 1.47. The van der Waals surface area contributed by atoms with E-state index in [2.05, 4.69) is 33.4 Å². The first-order chi connectivity index (χ1) is 8.24. The Kier molecular flexibility index (Phi) is 4.29. The van der Waals surface area contributed by atoms with Crippen LogP contribution in [0.25, 0.3) is 0 Å². The van der Waals surface area contributed by atoms with Crippen molar-refractivity contribution in [1.82, 2.24) is 0 Å². The fraction of sp³-hybridized carbons (Fsp3) is 0.538. The summed E-state index contributed by atoms with van der Waals surface area (Å²) in [7, 11) is 1.68. The van der Waals surface area contributed by atoms with Crippen LogP contribution in [0.2, 0.25) is 0 Å². The van der Waals surface area contributed by atoms with Crippen molar-refractivity contribution in [2.75, 3.05) is 19.0 Å². The molecular weight excluding hydrogens is 280 g/mol. The first kappa shape index (κ1) is 12.7. The summed E-state index contributed by atoms with van der Waals surface area (Å²) in [6.07, 6.45) is 3.73. The van der Waals surface area contributed by atoms with Gasteiger partial charge < -0.3 is 15.8 Å². The van der Waals surface area contributed by atoms with E-state index in [1.54, 1.807) is 7.11 Å². The number of rotatable bonds is 4. The maximum Gasteiger partial charge on any atom is 0.133 e. The molecule has 3 nitrogen and oxygen atoms in total. The summed E-state index contributed by atoms with van der Waals surface area (Å²) in [5, 5.41) is 3.57. The van der Waals surface area contributed by atoms with Crippen LogP contribution >= 0.6 is 15.9 Å². The molecule has 1 aliphatic rings. The van der Waals surface area contributed by atoms with Gasteiger partial charge in [0.15, 0.2) is 0 Å². The van der Waals surface area contributed by atoms with Crippen molar-refractivity contribution in [3.63, 3.8) is 0 Å². The van der Waals surface area contributed by atoms with Gasteiger partial charge in [-0.3, -0.25) is 0 Å². The molecule has 2 unspecified atom stereocenters. The summed E-state index contributed by atoms with van der Waals surface area (Å²) in [6, 6.07) is 6.60. The minimum Gasteiger partial charge on any atom is -0.496 e. The zero-order chi connectivity index (χ0) is 12.3. The number of ether oxygens (including phenoxy) is 1. The van der Waals surface area contributed by atoms with Gasteiger partial charge in [-0.25, -0.2) is 0 Å². The van der Waals surface area contributed by atoms with Crippen LogP contribution in [0.5, 0.6) is 5.75 Å². The average molecular weight is 299 g/mol. The number of anilines is 1. The van der Waals surface area contributed by atoms with Gasteiger partial charge in [0.25, 0.3) is 0 Å². The third-order valence-corrected chi connectivity index (χ3v) is 4.09. The number of hydrogen-bond acceptors (Lipinski definition) is 3. The second-order valence-electron chi connectivity index (χ2n) is 4.53. The van der Waals surface area contributed by atoms with E-state index in [9.17, 15) is 0 Å². The second kappa shape index (κ2) is 5.74. The Morgan fingerprint density at radius 2 is 2.29 bits per heavy atom. The van der Waals surface area contributed by atoms with Gasteiger partial charge in [-0.1, -0.05) is 6.42 Å². The van der Waals surface area contributed by atoms with Crippen molar-refractivity contribution in [2.24, 2.45) is 11.7 Å². The molecule has 4 heteroatoms. The van der Waals surface area contributed by atoms with Gasteiger partial charge in [-0.15, -0.1) is 0 Å². The number of hydrogen-bond donors (Lipinski definition) is 2. The monoisotopic (exact) mass is 298 g/mol. The fourth-order valence-electron chi connectivity index (χ4n) is 2.48. The Morgan fingerprint density at radius 3 is 2.94 bits per heavy atom. The fourth-order valence-corrected chi connectivity index (χ4v) is 3.02. The van der Waals surface area contributed by atoms with Crippen LogP contribution in [0.15, 0.2) is 22.7 Å². The van der Waals surface area contributed by atoms with E-state index in [1.807, 2.05) is 6.07 Å². The molecule has 0 spiro atoms. The number of benzene rings is 1. The van der Waals surface area contributed by atoms with Gasteiger partial charge in [0.05, 0.1) is 11.6 Å². The van der Waals surface area contributed by atoms with Gasteiger partial charge in [0, 0.05) is 11.7 Å². The van der Waals surface area contributed by atoms with Crippen LogP contribution in [0.3, 0.4) is 0 Å². The molecule has 2 atom stereocenters. The topological polar surface area (TPSA) is 47.3 Å². The van der Waals surface area contributed by atoms with Crippen LogP contribution in [-0.4, -0.2) is 19.7 Å². The molecule has 1 aromatic rings. The Morgan fingerprint density at radius 1 is 1.47 bits per heavy atom. The Labute approximate surface area is 111 Å². The van der Waals surface area contributed by atoms with Crippen molar-refractivity contribution in [1.29, 1.82) is 0 Å². The van der Waals surface area contributed by atoms with Crippen LogP contribution < -0.4 is 15.8 Å².